The Balaban J connectivity index is 0.00000196. The number of aliphatic hydroxyl groups excluding tert-OH is 1. The van der Waals surface area contributed by atoms with E-state index >= 15 is 0 Å². The molecule has 4 rings (SSSR count). The van der Waals surface area contributed by atoms with Crippen molar-refractivity contribution in [2.45, 2.75) is 31.4 Å². The van der Waals surface area contributed by atoms with Crippen molar-refractivity contribution in [3.8, 4) is 5.75 Å². The Morgan fingerprint density at radius 1 is 1.19 bits per heavy atom. The van der Waals surface area contributed by atoms with Gasteiger partial charge in [0.2, 0.25) is 0 Å². The predicted molar refractivity (Wildman–Crippen MR) is 105 cm³/mol. The molecule has 0 saturated carbocycles. The van der Waals surface area contributed by atoms with E-state index < -0.39 is 6.10 Å². The van der Waals surface area contributed by atoms with E-state index in [1.165, 1.54) is 11.1 Å². The van der Waals surface area contributed by atoms with Crippen LogP contribution in [0.15, 0.2) is 48.8 Å². The van der Waals surface area contributed by atoms with Crippen LogP contribution in [0.2, 0.25) is 0 Å². The summed E-state index contributed by atoms with van der Waals surface area (Å²) in [5.74, 6) is 0.699. The summed E-state index contributed by atoms with van der Waals surface area (Å²) in [6.45, 7) is 0.783. The summed E-state index contributed by atoms with van der Waals surface area (Å²) in [6.07, 6.45) is 4.33. The van der Waals surface area contributed by atoms with Gasteiger partial charge in [-0.15, -0.1) is 12.4 Å². The van der Waals surface area contributed by atoms with Crippen molar-refractivity contribution in [1.82, 2.24) is 15.3 Å². The topological polar surface area (TPSA) is 70.2 Å². The smallest absolute Gasteiger partial charge is 0.147 e. The summed E-state index contributed by atoms with van der Waals surface area (Å²) in [7, 11) is 0. The van der Waals surface area contributed by atoms with Crippen LogP contribution in [0.25, 0.3) is 11.0 Å². The Morgan fingerprint density at radius 3 is 2.92 bits per heavy atom. The second-order valence-corrected chi connectivity index (χ2v) is 6.64. The van der Waals surface area contributed by atoms with E-state index in [0.29, 0.717) is 18.3 Å². The molecule has 1 aliphatic carbocycles. The second kappa shape index (κ2) is 8.54. The number of imidazole rings is 1. The maximum absolute atomic E-state index is 10.2. The average Bonchev–Trinajstić information content (AvgIpc) is 3.14. The molecule has 0 radical (unpaired) electrons. The van der Waals surface area contributed by atoms with Crippen LogP contribution in [0.1, 0.15) is 17.5 Å². The van der Waals surface area contributed by atoms with Gasteiger partial charge in [0.05, 0.1) is 11.8 Å². The lowest BCUT2D eigenvalue weighted by atomic mass is 9.88. The number of hydrogen-bond acceptors (Lipinski definition) is 4. The molecule has 2 atom stereocenters. The molecule has 0 aliphatic heterocycles. The maximum atomic E-state index is 10.2. The number of hydrogen-bond donors (Lipinski definition) is 3. The number of rotatable bonds is 6. The molecule has 0 amide bonds. The van der Waals surface area contributed by atoms with Crippen LogP contribution >= 0.6 is 12.4 Å². The van der Waals surface area contributed by atoms with Gasteiger partial charge in [-0.2, -0.15) is 0 Å². The van der Waals surface area contributed by atoms with E-state index in [0.717, 1.165) is 30.3 Å². The molecule has 3 aromatic rings. The van der Waals surface area contributed by atoms with Gasteiger partial charge in [0.25, 0.3) is 0 Å². The molecule has 5 nitrogen and oxygen atoms in total. The SMILES string of the molecule is Cl.OC(CNC1CCc2ccccc2C1)COc1cccc2[nH]cnc12. The molecule has 3 N–H and O–H groups in total. The molecule has 1 aromatic heterocycles. The number of aromatic nitrogens is 2. The Bertz CT molecular complexity index is 852. The molecule has 6 heteroatoms. The fourth-order valence-corrected chi connectivity index (χ4v) is 3.47. The first kappa shape index (κ1) is 18.7. The van der Waals surface area contributed by atoms with E-state index in [4.69, 9.17) is 4.74 Å². The third-order valence-corrected chi connectivity index (χ3v) is 4.83. The maximum Gasteiger partial charge on any atom is 0.147 e. The first-order valence-electron chi connectivity index (χ1n) is 8.83. The molecule has 0 spiro atoms. The highest BCUT2D eigenvalue weighted by Gasteiger charge is 2.18. The Labute approximate surface area is 159 Å². The quantitative estimate of drug-likeness (QED) is 0.621. The molecule has 2 unspecified atom stereocenters. The molecule has 0 bridgehead atoms. The molecule has 138 valence electrons. The zero-order valence-electron chi connectivity index (χ0n) is 14.5. The number of aliphatic hydroxyl groups is 1. The summed E-state index contributed by atoms with van der Waals surface area (Å²) in [5.41, 5.74) is 4.61. The number of aryl methyl sites for hydroxylation is 1. The van der Waals surface area contributed by atoms with Crippen molar-refractivity contribution in [1.29, 1.82) is 0 Å². The fourth-order valence-electron chi connectivity index (χ4n) is 3.47. The largest absolute Gasteiger partial charge is 0.488 e. The van der Waals surface area contributed by atoms with Gasteiger partial charge in [0.15, 0.2) is 0 Å². The third-order valence-electron chi connectivity index (χ3n) is 4.83. The molecular formula is C20H24ClN3O2. The van der Waals surface area contributed by atoms with Crippen LogP contribution in [-0.4, -0.2) is 40.4 Å². The molecule has 0 saturated heterocycles. The van der Waals surface area contributed by atoms with Gasteiger partial charge < -0.3 is 20.1 Å². The molecular weight excluding hydrogens is 350 g/mol. The molecule has 1 aliphatic rings. The third kappa shape index (κ3) is 4.18. The van der Waals surface area contributed by atoms with Crippen molar-refractivity contribution < 1.29 is 9.84 Å². The van der Waals surface area contributed by atoms with E-state index in [2.05, 4.69) is 39.6 Å². The Hall–Kier alpha value is -2.08. The van der Waals surface area contributed by atoms with Gasteiger partial charge in [0, 0.05) is 12.6 Å². The van der Waals surface area contributed by atoms with E-state index in [1.54, 1.807) is 6.33 Å². The normalized spacial score (nSPS) is 17.3. The van der Waals surface area contributed by atoms with Crippen molar-refractivity contribution in [2.24, 2.45) is 0 Å². The molecule has 0 fully saturated rings. The van der Waals surface area contributed by atoms with E-state index in [-0.39, 0.29) is 19.0 Å². The van der Waals surface area contributed by atoms with Crippen molar-refractivity contribution in [3.63, 3.8) is 0 Å². The van der Waals surface area contributed by atoms with Crippen LogP contribution in [0.3, 0.4) is 0 Å². The molecule has 2 aromatic carbocycles. The standard InChI is InChI=1S/C20H23N3O2.ClH/c24-17(12-25-19-7-3-6-18-20(19)23-13-22-18)11-21-16-9-8-14-4-1-2-5-15(14)10-16;/h1-7,13,16-17,21,24H,8-12H2,(H,22,23);1H. The number of fused-ring (bicyclic) bond motifs is 2. The number of H-pyrrole nitrogens is 1. The van der Waals surface area contributed by atoms with Crippen LogP contribution in [-0.2, 0) is 12.8 Å². The summed E-state index contributed by atoms with van der Waals surface area (Å²) < 4.78 is 5.76. The Kier molecular flexibility index (Phi) is 6.14. The highest BCUT2D eigenvalue weighted by Crippen LogP contribution is 2.22. The van der Waals surface area contributed by atoms with Gasteiger partial charge in [0.1, 0.15) is 24.0 Å². The number of nitrogens with zero attached hydrogens (tertiary/aromatic N) is 1. The summed E-state index contributed by atoms with van der Waals surface area (Å²) >= 11 is 0. The van der Waals surface area contributed by atoms with Crippen molar-refractivity contribution in [3.05, 3.63) is 59.9 Å². The number of benzene rings is 2. The second-order valence-electron chi connectivity index (χ2n) is 6.64. The highest BCUT2D eigenvalue weighted by molar-refractivity contribution is 5.85. The van der Waals surface area contributed by atoms with Gasteiger partial charge in [-0.1, -0.05) is 30.3 Å². The number of para-hydroxylation sites is 1. The first-order chi connectivity index (χ1) is 12.3. The van der Waals surface area contributed by atoms with Gasteiger partial charge in [-0.25, -0.2) is 4.98 Å². The zero-order valence-corrected chi connectivity index (χ0v) is 15.3. The van der Waals surface area contributed by atoms with E-state index in [9.17, 15) is 5.11 Å². The monoisotopic (exact) mass is 373 g/mol. The summed E-state index contributed by atoms with van der Waals surface area (Å²) in [6, 6.07) is 14.8. The highest BCUT2D eigenvalue weighted by atomic mass is 35.5. The van der Waals surface area contributed by atoms with E-state index in [1.807, 2.05) is 18.2 Å². The van der Waals surface area contributed by atoms with Gasteiger partial charge in [-0.3, -0.25) is 0 Å². The summed E-state index contributed by atoms with van der Waals surface area (Å²) in [4.78, 5) is 7.32. The zero-order chi connectivity index (χ0) is 17.1. The molecule has 26 heavy (non-hydrogen) atoms. The number of ether oxygens (including phenoxy) is 1. The van der Waals surface area contributed by atoms with Crippen LogP contribution in [0, 0.1) is 0 Å². The van der Waals surface area contributed by atoms with Gasteiger partial charge >= 0.3 is 0 Å². The minimum Gasteiger partial charge on any atom is -0.488 e. The lowest BCUT2D eigenvalue weighted by Gasteiger charge is -2.26. The number of aromatic amines is 1. The Morgan fingerprint density at radius 2 is 2.04 bits per heavy atom. The molecule has 1 heterocycles. The van der Waals surface area contributed by atoms with Crippen molar-refractivity contribution >= 4 is 23.4 Å². The number of nitrogens with one attached hydrogen (secondary N) is 2. The van der Waals surface area contributed by atoms with Crippen LogP contribution in [0.5, 0.6) is 5.75 Å². The summed E-state index contributed by atoms with van der Waals surface area (Å²) in [5, 5.41) is 13.7. The predicted octanol–water partition coefficient (Wildman–Crippen LogP) is 2.87. The van der Waals surface area contributed by atoms with Crippen LogP contribution < -0.4 is 10.1 Å². The lowest BCUT2D eigenvalue weighted by Crippen LogP contribution is -2.40. The van der Waals surface area contributed by atoms with Gasteiger partial charge in [-0.05, 0) is 42.5 Å². The minimum atomic E-state index is -0.550. The number of halogens is 1. The first-order valence-corrected chi connectivity index (χ1v) is 8.83. The lowest BCUT2D eigenvalue weighted by molar-refractivity contribution is 0.103. The average molecular weight is 374 g/mol. The minimum absolute atomic E-state index is 0. The van der Waals surface area contributed by atoms with Crippen molar-refractivity contribution in [2.75, 3.05) is 13.2 Å². The van der Waals surface area contributed by atoms with Crippen LogP contribution in [0.4, 0.5) is 0 Å². The fraction of sp³-hybridized carbons (Fsp3) is 0.350.